The van der Waals surface area contributed by atoms with Crippen molar-refractivity contribution in [2.24, 2.45) is 9.98 Å². The van der Waals surface area contributed by atoms with Gasteiger partial charge in [0, 0.05) is 76.2 Å². The molecule has 6 heteroatoms. The first-order valence-corrected chi connectivity index (χ1v) is 9.89. The molecule has 0 aliphatic carbocycles. The summed E-state index contributed by atoms with van der Waals surface area (Å²) in [5, 5.41) is 19.9. The lowest BCUT2D eigenvalue weighted by molar-refractivity contribution is 0.474. The molecule has 0 bridgehead atoms. The fourth-order valence-corrected chi connectivity index (χ4v) is 2.76. The van der Waals surface area contributed by atoms with Gasteiger partial charge in [0.1, 0.15) is 11.5 Å². The van der Waals surface area contributed by atoms with Crippen molar-refractivity contribution in [3.8, 4) is 11.5 Å². The minimum absolute atomic E-state index is 0.246. The average Bonchev–Trinajstić information content (AvgIpc) is 2.68. The van der Waals surface area contributed by atoms with Crippen LogP contribution in [0.4, 0.5) is 11.4 Å². The predicted molar refractivity (Wildman–Crippen MR) is 124 cm³/mol. The van der Waals surface area contributed by atoms with Crippen molar-refractivity contribution in [3.63, 3.8) is 0 Å². The van der Waals surface area contributed by atoms with Crippen LogP contribution in [-0.4, -0.2) is 63.9 Å². The van der Waals surface area contributed by atoms with Crippen LogP contribution in [0.5, 0.6) is 11.5 Å². The smallest absolute Gasteiger partial charge is 0.124 e. The predicted octanol–water partition coefficient (Wildman–Crippen LogP) is 3.94. The maximum Gasteiger partial charge on any atom is 0.124 e. The lowest BCUT2D eigenvalue weighted by atomic mass is 10.2. The Morgan fingerprint density at radius 1 is 0.690 bits per heavy atom. The Hall–Kier alpha value is -3.02. The molecule has 2 aromatic rings. The quantitative estimate of drug-likeness (QED) is 0.471. The SMILES string of the molecule is CN(C)c1ccc(O)c(C=NCCCCCN=Cc2cc(N(C)C)ccc2O)c1. The van der Waals surface area contributed by atoms with E-state index in [9.17, 15) is 10.2 Å². The summed E-state index contributed by atoms with van der Waals surface area (Å²) in [4.78, 5) is 12.8. The number of phenols is 2. The van der Waals surface area contributed by atoms with Crippen LogP contribution in [0.1, 0.15) is 30.4 Å². The van der Waals surface area contributed by atoms with Gasteiger partial charge in [-0.05, 0) is 55.7 Å². The molecule has 0 saturated carbocycles. The topological polar surface area (TPSA) is 71.7 Å². The summed E-state index contributed by atoms with van der Waals surface area (Å²) in [6.45, 7) is 1.45. The molecule has 0 aliphatic heterocycles. The van der Waals surface area contributed by atoms with E-state index in [2.05, 4.69) is 9.98 Å². The number of nitrogens with zero attached hydrogens (tertiary/aromatic N) is 4. The second-order valence-electron chi connectivity index (χ2n) is 7.41. The van der Waals surface area contributed by atoms with Gasteiger partial charge in [-0.2, -0.15) is 0 Å². The highest BCUT2D eigenvalue weighted by Gasteiger charge is 2.03. The van der Waals surface area contributed by atoms with Gasteiger partial charge in [-0.1, -0.05) is 0 Å². The number of anilines is 2. The number of aromatic hydroxyl groups is 2. The number of aliphatic imine (C=N–C) groups is 2. The van der Waals surface area contributed by atoms with E-state index in [0.29, 0.717) is 0 Å². The van der Waals surface area contributed by atoms with Crippen molar-refractivity contribution in [2.45, 2.75) is 19.3 Å². The number of hydrogen-bond acceptors (Lipinski definition) is 6. The fourth-order valence-electron chi connectivity index (χ4n) is 2.76. The Kier molecular flexibility index (Phi) is 8.52. The molecule has 0 fully saturated rings. The summed E-state index contributed by atoms with van der Waals surface area (Å²) >= 11 is 0. The third kappa shape index (κ3) is 7.14. The van der Waals surface area contributed by atoms with Crippen molar-refractivity contribution in [1.82, 2.24) is 0 Å². The average molecular weight is 397 g/mol. The Balaban J connectivity index is 1.72. The summed E-state index contributed by atoms with van der Waals surface area (Å²) in [7, 11) is 7.87. The molecule has 0 heterocycles. The van der Waals surface area contributed by atoms with Gasteiger partial charge in [0.2, 0.25) is 0 Å². The zero-order valence-corrected chi connectivity index (χ0v) is 17.8. The van der Waals surface area contributed by atoms with Gasteiger partial charge in [-0.15, -0.1) is 0 Å². The van der Waals surface area contributed by atoms with Crippen LogP contribution in [0.2, 0.25) is 0 Å². The number of hydrogen-bond donors (Lipinski definition) is 2. The Bertz CT molecular complexity index is 775. The molecule has 0 saturated heterocycles. The van der Waals surface area contributed by atoms with E-state index in [1.165, 1.54) is 0 Å². The minimum Gasteiger partial charge on any atom is -0.507 e. The second-order valence-corrected chi connectivity index (χ2v) is 7.41. The fraction of sp³-hybridized carbons (Fsp3) is 0.391. The molecule has 2 aromatic carbocycles. The van der Waals surface area contributed by atoms with E-state index >= 15 is 0 Å². The molecule has 0 unspecified atom stereocenters. The molecule has 2 N–H and O–H groups in total. The maximum atomic E-state index is 9.93. The van der Waals surface area contributed by atoms with Crippen LogP contribution < -0.4 is 9.80 Å². The zero-order valence-electron chi connectivity index (χ0n) is 17.8. The molecule has 6 nitrogen and oxygen atoms in total. The summed E-state index contributed by atoms with van der Waals surface area (Å²) in [6.07, 6.45) is 6.45. The highest BCUT2D eigenvalue weighted by Crippen LogP contribution is 2.22. The van der Waals surface area contributed by atoms with Crippen LogP contribution in [0, 0.1) is 0 Å². The van der Waals surface area contributed by atoms with Crippen molar-refractivity contribution in [2.75, 3.05) is 51.1 Å². The van der Waals surface area contributed by atoms with Gasteiger partial charge < -0.3 is 20.0 Å². The van der Waals surface area contributed by atoms with E-state index in [1.807, 2.05) is 62.3 Å². The van der Waals surface area contributed by atoms with Crippen LogP contribution in [-0.2, 0) is 0 Å². The normalized spacial score (nSPS) is 11.4. The highest BCUT2D eigenvalue weighted by molar-refractivity contribution is 5.85. The van der Waals surface area contributed by atoms with E-state index < -0.39 is 0 Å². The third-order valence-electron chi connectivity index (χ3n) is 4.59. The van der Waals surface area contributed by atoms with Gasteiger partial charge in [0.15, 0.2) is 0 Å². The first kappa shape index (κ1) is 22.3. The number of rotatable bonds is 10. The molecule has 0 atom stereocenters. The lowest BCUT2D eigenvalue weighted by Crippen LogP contribution is -2.08. The maximum absolute atomic E-state index is 9.93. The highest BCUT2D eigenvalue weighted by atomic mass is 16.3. The molecule has 0 aliphatic rings. The Morgan fingerprint density at radius 2 is 1.10 bits per heavy atom. The molecule has 0 radical (unpaired) electrons. The minimum atomic E-state index is 0.246. The molecule has 29 heavy (non-hydrogen) atoms. The number of unbranched alkanes of at least 4 members (excludes halogenated alkanes) is 2. The third-order valence-corrected chi connectivity index (χ3v) is 4.59. The van der Waals surface area contributed by atoms with Gasteiger partial charge in [-0.3, -0.25) is 9.98 Å². The van der Waals surface area contributed by atoms with Gasteiger partial charge >= 0.3 is 0 Å². The summed E-state index contributed by atoms with van der Waals surface area (Å²) in [6, 6.07) is 11.0. The van der Waals surface area contributed by atoms with Crippen molar-refractivity contribution >= 4 is 23.8 Å². The van der Waals surface area contributed by atoms with Crippen LogP contribution in [0.3, 0.4) is 0 Å². The molecule has 156 valence electrons. The number of benzene rings is 2. The van der Waals surface area contributed by atoms with Crippen LogP contribution in [0.25, 0.3) is 0 Å². The summed E-state index contributed by atoms with van der Waals surface area (Å²) in [5.74, 6) is 0.491. The monoisotopic (exact) mass is 396 g/mol. The summed E-state index contributed by atoms with van der Waals surface area (Å²) in [5.41, 5.74) is 3.54. The van der Waals surface area contributed by atoms with E-state index in [-0.39, 0.29) is 11.5 Å². The van der Waals surface area contributed by atoms with Crippen LogP contribution in [0.15, 0.2) is 46.4 Å². The van der Waals surface area contributed by atoms with Crippen molar-refractivity contribution in [3.05, 3.63) is 47.5 Å². The molecular weight excluding hydrogens is 364 g/mol. The molecular formula is C23H32N4O2. The van der Waals surface area contributed by atoms with Gasteiger partial charge in [0.25, 0.3) is 0 Å². The first-order valence-electron chi connectivity index (χ1n) is 9.89. The molecule has 0 aromatic heterocycles. The number of phenolic OH excluding ortho intramolecular Hbond substituents is 2. The van der Waals surface area contributed by atoms with E-state index in [0.717, 1.165) is 54.9 Å². The summed E-state index contributed by atoms with van der Waals surface area (Å²) < 4.78 is 0. The standard InChI is InChI=1S/C23H32N4O2/c1-26(2)20-8-10-22(28)18(14-20)16-24-12-6-5-7-13-25-17-19-15-21(27(3)4)9-11-23(19)29/h8-11,14-17,28-29H,5-7,12-13H2,1-4H3. The zero-order chi connectivity index (χ0) is 21.2. The lowest BCUT2D eigenvalue weighted by Gasteiger charge is -2.13. The van der Waals surface area contributed by atoms with Crippen molar-refractivity contribution < 1.29 is 10.2 Å². The van der Waals surface area contributed by atoms with E-state index in [4.69, 9.17) is 0 Å². The molecule has 0 spiro atoms. The van der Waals surface area contributed by atoms with E-state index in [1.54, 1.807) is 24.6 Å². The van der Waals surface area contributed by atoms with Gasteiger partial charge in [0.05, 0.1) is 0 Å². The van der Waals surface area contributed by atoms with Crippen LogP contribution >= 0.6 is 0 Å². The molecule has 0 amide bonds. The van der Waals surface area contributed by atoms with Crippen molar-refractivity contribution in [1.29, 1.82) is 0 Å². The Morgan fingerprint density at radius 3 is 1.48 bits per heavy atom. The van der Waals surface area contributed by atoms with Gasteiger partial charge in [-0.25, -0.2) is 0 Å². The molecule has 2 rings (SSSR count). The Labute approximate surface area is 173 Å². The second kappa shape index (κ2) is 11.1. The first-order chi connectivity index (χ1) is 13.9. The largest absolute Gasteiger partial charge is 0.507 e.